The van der Waals surface area contributed by atoms with Crippen LogP contribution in [0.3, 0.4) is 0 Å². The summed E-state index contributed by atoms with van der Waals surface area (Å²) in [6.45, 7) is 8.11. The summed E-state index contributed by atoms with van der Waals surface area (Å²) < 4.78 is 0. The van der Waals surface area contributed by atoms with E-state index in [4.69, 9.17) is 0 Å². The molecule has 1 rings (SSSR count). The second kappa shape index (κ2) is 5.44. The van der Waals surface area contributed by atoms with Crippen LogP contribution in [0.4, 0.5) is 5.69 Å². The van der Waals surface area contributed by atoms with Gasteiger partial charge in [0.15, 0.2) is 0 Å². The molecule has 0 amide bonds. The lowest BCUT2D eigenvalue weighted by Crippen LogP contribution is -2.40. The summed E-state index contributed by atoms with van der Waals surface area (Å²) in [7, 11) is 1.90. The maximum atomic E-state index is 10.9. The number of aromatic nitrogens is 1. The van der Waals surface area contributed by atoms with Crippen LogP contribution >= 0.6 is 0 Å². The zero-order chi connectivity index (χ0) is 13.9. The normalized spacial score (nSPS) is 13.4. The minimum Gasteiger partial charge on any atom is -0.316 e. The lowest BCUT2D eigenvalue weighted by molar-refractivity contribution is -0.385. The van der Waals surface area contributed by atoms with E-state index < -0.39 is 0 Å². The Balaban J connectivity index is 2.98. The molecule has 0 saturated heterocycles. The Morgan fingerprint density at radius 1 is 1.50 bits per heavy atom. The van der Waals surface area contributed by atoms with Gasteiger partial charge in [-0.25, -0.2) is 0 Å². The molecule has 1 unspecified atom stereocenters. The van der Waals surface area contributed by atoms with E-state index in [0.29, 0.717) is 12.0 Å². The van der Waals surface area contributed by atoms with Crippen molar-refractivity contribution in [2.45, 2.75) is 40.2 Å². The van der Waals surface area contributed by atoms with Gasteiger partial charge in [0.1, 0.15) is 0 Å². The molecule has 0 spiro atoms. The van der Waals surface area contributed by atoms with E-state index in [1.54, 1.807) is 19.2 Å². The molecule has 0 fully saturated rings. The molecule has 0 aliphatic heterocycles. The summed E-state index contributed by atoms with van der Waals surface area (Å²) in [5, 5.41) is 14.1. The van der Waals surface area contributed by atoms with Gasteiger partial charge in [-0.2, -0.15) is 0 Å². The molecular formula is C13H21N3O2. The number of aryl methyl sites for hydroxylation is 1. The lowest BCUT2D eigenvalue weighted by atomic mass is 9.84. The quantitative estimate of drug-likeness (QED) is 0.659. The van der Waals surface area contributed by atoms with Gasteiger partial charge in [-0.05, 0) is 19.4 Å². The second-order valence-corrected chi connectivity index (χ2v) is 5.63. The summed E-state index contributed by atoms with van der Waals surface area (Å²) in [6, 6.07) is 1.80. The highest BCUT2D eigenvalue weighted by Crippen LogP contribution is 2.24. The first-order valence-corrected chi connectivity index (χ1v) is 6.03. The number of rotatable bonds is 4. The van der Waals surface area contributed by atoms with Gasteiger partial charge in [0.2, 0.25) is 0 Å². The number of likely N-dealkylation sites (N-methyl/N-ethyl adjacent to an activating group) is 1. The summed E-state index contributed by atoms with van der Waals surface area (Å²) in [6.07, 6.45) is 2.25. The van der Waals surface area contributed by atoms with Gasteiger partial charge in [0.25, 0.3) is 5.69 Å². The average molecular weight is 251 g/mol. The van der Waals surface area contributed by atoms with Crippen molar-refractivity contribution in [1.82, 2.24) is 10.3 Å². The van der Waals surface area contributed by atoms with Crippen molar-refractivity contribution in [3.05, 3.63) is 33.6 Å². The van der Waals surface area contributed by atoms with Crippen LogP contribution in [0.1, 0.15) is 32.0 Å². The van der Waals surface area contributed by atoms with E-state index in [-0.39, 0.29) is 22.1 Å². The number of nitro groups is 1. The molecule has 0 bridgehead atoms. The van der Waals surface area contributed by atoms with Gasteiger partial charge in [-0.1, -0.05) is 20.8 Å². The summed E-state index contributed by atoms with van der Waals surface area (Å²) >= 11 is 0. The smallest absolute Gasteiger partial charge is 0.275 e. The summed E-state index contributed by atoms with van der Waals surface area (Å²) in [5.41, 5.74) is 1.57. The largest absolute Gasteiger partial charge is 0.316 e. The van der Waals surface area contributed by atoms with Crippen molar-refractivity contribution in [1.29, 1.82) is 0 Å². The van der Waals surface area contributed by atoms with Crippen LogP contribution in [-0.2, 0) is 6.42 Å². The fraction of sp³-hybridized carbons (Fsp3) is 0.615. The average Bonchev–Trinajstić information content (AvgIpc) is 2.25. The topological polar surface area (TPSA) is 68.1 Å². The van der Waals surface area contributed by atoms with E-state index in [1.165, 1.54) is 0 Å². The SMILES string of the molecule is CNC(Cc1cc([N+](=O)[O-])c(C)cn1)C(C)(C)C. The molecule has 1 N–H and O–H groups in total. The standard InChI is InChI=1S/C13H21N3O2/c1-9-8-15-10(6-11(9)16(17)18)7-12(14-5)13(2,3)4/h6,8,12,14H,7H2,1-5H3. The molecule has 18 heavy (non-hydrogen) atoms. The number of hydrogen-bond donors (Lipinski definition) is 1. The zero-order valence-electron chi connectivity index (χ0n) is 11.7. The molecule has 0 aliphatic rings. The van der Waals surface area contributed by atoms with Crippen molar-refractivity contribution >= 4 is 5.69 Å². The van der Waals surface area contributed by atoms with Crippen LogP contribution in [0.15, 0.2) is 12.3 Å². The third-order valence-electron chi connectivity index (χ3n) is 3.14. The predicted molar refractivity (Wildman–Crippen MR) is 71.6 cm³/mol. The fourth-order valence-electron chi connectivity index (χ4n) is 1.91. The third kappa shape index (κ3) is 3.50. The minimum absolute atomic E-state index is 0.0795. The lowest BCUT2D eigenvalue weighted by Gasteiger charge is -2.30. The molecule has 1 heterocycles. The van der Waals surface area contributed by atoms with Crippen LogP contribution in [0, 0.1) is 22.5 Å². The zero-order valence-corrected chi connectivity index (χ0v) is 11.7. The molecular weight excluding hydrogens is 230 g/mol. The molecule has 1 aromatic heterocycles. The van der Waals surface area contributed by atoms with Crippen molar-refractivity contribution in [2.75, 3.05) is 7.05 Å². The highest BCUT2D eigenvalue weighted by atomic mass is 16.6. The first-order valence-electron chi connectivity index (χ1n) is 6.03. The monoisotopic (exact) mass is 251 g/mol. The molecule has 0 radical (unpaired) electrons. The van der Waals surface area contributed by atoms with Gasteiger partial charge in [-0.3, -0.25) is 15.1 Å². The highest BCUT2D eigenvalue weighted by Gasteiger charge is 2.24. The van der Waals surface area contributed by atoms with Gasteiger partial charge in [0.05, 0.1) is 4.92 Å². The Kier molecular flexibility index (Phi) is 4.40. The first kappa shape index (κ1) is 14.6. The highest BCUT2D eigenvalue weighted by molar-refractivity contribution is 5.38. The van der Waals surface area contributed by atoms with E-state index in [2.05, 4.69) is 31.1 Å². The van der Waals surface area contributed by atoms with Crippen LogP contribution in [0.25, 0.3) is 0 Å². The summed E-state index contributed by atoms with van der Waals surface area (Å²) in [5.74, 6) is 0. The Labute approximate surface area is 108 Å². The van der Waals surface area contributed by atoms with Crippen molar-refractivity contribution in [3.8, 4) is 0 Å². The molecule has 0 aliphatic carbocycles. The molecule has 1 atom stereocenters. The van der Waals surface area contributed by atoms with Gasteiger partial charge >= 0.3 is 0 Å². The molecule has 5 heteroatoms. The number of nitrogens with zero attached hydrogens (tertiary/aromatic N) is 2. The van der Waals surface area contributed by atoms with Crippen molar-refractivity contribution in [2.24, 2.45) is 5.41 Å². The van der Waals surface area contributed by atoms with E-state index in [1.807, 2.05) is 7.05 Å². The van der Waals surface area contributed by atoms with Crippen molar-refractivity contribution < 1.29 is 4.92 Å². The Hall–Kier alpha value is -1.49. The first-order chi connectivity index (χ1) is 8.25. The summed E-state index contributed by atoms with van der Waals surface area (Å²) in [4.78, 5) is 14.8. The molecule has 1 aromatic rings. The predicted octanol–water partition coefficient (Wildman–Crippen LogP) is 2.47. The number of nitrogens with one attached hydrogen (secondary N) is 1. The Morgan fingerprint density at radius 3 is 2.56 bits per heavy atom. The van der Waals surface area contributed by atoms with Crippen LogP contribution in [0.2, 0.25) is 0 Å². The maximum absolute atomic E-state index is 10.9. The number of hydrogen-bond acceptors (Lipinski definition) is 4. The Morgan fingerprint density at radius 2 is 2.11 bits per heavy atom. The van der Waals surface area contributed by atoms with Crippen LogP contribution < -0.4 is 5.32 Å². The third-order valence-corrected chi connectivity index (χ3v) is 3.14. The maximum Gasteiger partial charge on any atom is 0.275 e. The molecule has 0 aromatic carbocycles. The molecule has 0 saturated carbocycles. The van der Waals surface area contributed by atoms with E-state index in [0.717, 1.165) is 5.69 Å². The fourth-order valence-corrected chi connectivity index (χ4v) is 1.91. The molecule has 100 valence electrons. The minimum atomic E-state index is -0.355. The number of pyridine rings is 1. The van der Waals surface area contributed by atoms with E-state index in [9.17, 15) is 10.1 Å². The van der Waals surface area contributed by atoms with E-state index >= 15 is 0 Å². The van der Waals surface area contributed by atoms with Gasteiger partial charge in [-0.15, -0.1) is 0 Å². The Bertz CT molecular complexity index is 438. The van der Waals surface area contributed by atoms with Crippen LogP contribution in [0.5, 0.6) is 0 Å². The van der Waals surface area contributed by atoms with Gasteiger partial charge < -0.3 is 5.32 Å². The van der Waals surface area contributed by atoms with Gasteiger partial charge in [0, 0.05) is 36.0 Å². The van der Waals surface area contributed by atoms with Crippen LogP contribution in [-0.4, -0.2) is 23.0 Å². The molecule has 5 nitrogen and oxygen atoms in total. The second-order valence-electron chi connectivity index (χ2n) is 5.63. The van der Waals surface area contributed by atoms with Crippen molar-refractivity contribution in [3.63, 3.8) is 0 Å².